The fourth-order valence-electron chi connectivity index (χ4n) is 1.68. The predicted molar refractivity (Wildman–Crippen MR) is 74.6 cm³/mol. The minimum Gasteiger partial charge on any atom is -0.497 e. The van der Waals surface area contributed by atoms with Gasteiger partial charge < -0.3 is 15.2 Å². The van der Waals surface area contributed by atoms with E-state index in [1.807, 2.05) is 0 Å². The number of hydrogen-bond donors (Lipinski definition) is 2. The maximum absolute atomic E-state index is 13.8. The zero-order valence-corrected chi connectivity index (χ0v) is 11.5. The van der Waals surface area contributed by atoms with Crippen LogP contribution in [0.4, 0.5) is 20.2 Å². The lowest BCUT2D eigenvalue weighted by molar-refractivity contribution is 0.0696. The number of carboxylic acid groups (broad SMARTS) is 1. The van der Waals surface area contributed by atoms with Gasteiger partial charge in [0, 0.05) is 6.07 Å². The first-order valence-corrected chi connectivity index (χ1v) is 6.13. The zero-order valence-electron chi connectivity index (χ0n) is 10.8. The molecule has 0 aromatic heterocycles. The third kappa shape index (κ3) is 3.22. The highest BCUT2D eigenvalue weighted by Crippen LogP contribution is 2.32. The first-order chi connectivity index (χ1) is 9.92. The van der Waals surface area contributed by atoms with Crippen molar-refractivity contribution in [3.05, 3.63) is 52.6 Å². The molecule has 2 N–H and O–H groups in total. The molecule has 0 saturated carbocycles. The van der Waals surface area contributed by atoms with Crippen LogP contribution in [0.25, 0.3) is 0 Å². The Balaban J connectivity index is 2.42. The standard InChI is InChI=1S/C14H10ClF2NO3/c1-21-8-2-3-9(15)12(6-8)18-13-10(16)4-7(14(19)20)5-11(13)17/h2-6,18H,1H3,(H,19,20). The molecule has 0 heterocycles. The van der Waals surface area contributed by atoms with Gasteiger partial charge in [-0.05, 0) is 24.3 Å². The molecular weight excluding hydrogens is 304 g/mol. The molecule has 4 nitrogen and oxygen atoms in total. The predicted octanol–water partition coefficient (Wildman–Crippen LogP) is 4.07. The Hall–Kier alpha value is -2.34. The van der Waals surface area contributed by atoms with Crippen LogP contribution in [0.2, 0.25) is 5.02 Å². The van der Waals surface area contributed by atoms with Crippen molar-refractivity contribution < 1.29 is 23.4 Å². The summed E-state index contributed by atoms with van der Waals surface area (Å²) in [5.41, 5.74) is -0.737. The lowest BCUT2D eigenvalue weighted by atomic mass is 10.1. The fourth-order valence-corrected chi connectivity index (χ4v) is 1.84. The highest BCUT2D eigenvalue weighted by Gasteiger charge is 2.16. The molecule has 0 bridgehead atoms. The van der Waals surface area contributed by atoms with Gasteiger partial charge in [0.25, 0.3) is 0 Å². The molecule has 7 heteroatoms. The minimum absolute atomic E-state index is 0.233. The molecule has 2 aromatic rings. The molecule has 2 aromatic carbocycles. The third-order valence-corrected chi connectivity index (χ3v) is 3.05. The summed E-state index contributed by atoms with van der Waals surface area (Å²) in [6.07, 6.45) is 0. The van der Waals surface area contributed by atoms with E-state index in [0.717, 1.165) is 12.1 Å². The van der Waals surface area contributed by atoms with Crippen LogP contribution in [0.1, 0.15) is 10.4 Å². The number of nitrogens with one attached hydrogen (secondary N) is 1. The summed E-state index contributed by atoms with van der Waals surface area (Å²) in [4.78, 5) is 10.7. The fraction of sp³-hybridized carbons (Fsp3) is 0.0714. The summed E-state index contributed by atoms with van der Waals surface area (Å²) >= 11 is 5.93. The van der Waals surface area contributed by atoms with E-state index in [-0.39, 0.29) is 10.7 Å². The van der Waals surface area contributed by atoms with Crippen LogP contribution in [0.5, 0.6) is 5.75 Å². The quantitative estimate of drug-likeness (QED) is 0.893. The largest absolute Gasteiger partial charge is 0.497 e. The minimum atomic E-state index is -1.42. The Morgan fingerprint density at radius 2 is 1.86 bits per heavy atom. The molecule has 0 aliphatic carbocycles. The van der Waals surface area contributed by atoms with Crippen molar-refractivity contribution in [1.82, 2.24) is 0 Å². The molecule has 21 heavy (non-hydrogen) atoms. The Labute approximate surface area is 123 Å². The Morgan fingerprint density at radius 3 is 2.38 bits per heavy atom. The van der Waals surface area contributed by atoms with Crippen molar-refractivity contribution in [2.75, 3.05) is 12.4 Å². The number of rotatable bonds is 4. The van der Waals surface area contributed by atoms with Gasteiger partial charge >= 0.3 is 5.97 Å². The lowest BCUT2D eigenvalue weighted by Crippen LogP contribution is -2.03. The summed E-state index contributed by atoms with van der Waals surface area (Å²) in [7, 11) is 1.44. The van der Waals surface area contributed by atoms with Crippen LogP contribution < -0.4 is 10.1 Å². The van der Waals surface area contributed by atoms with Gasteiger partial charge in [0.05, 0.1) is 23.4 Å². The van der Waals surface area contributed by atoms with E-state index in [9.17, 15) is 13.6 Å². The number of halogens is 3. The Morgan fingerprint density at radius 1 is 1.24 bits per heavy atom. The van der Waals surface area contributed by atoms with Crippen molar-refractivity contribution in [2.24, 2.45) is 0 Å². The molecule has 0 fully saturated rings. The van der Waals surface area contributed by atoms with Gasteiger partial charge in [0.15, 0.2) is 11.6 Å². The average Bonchev–Trinajstić information content (AvgIpc) is 2.44. The molecule has 0 aliphatic rings. The molecule has 0 saturated heterocycles. The van der Waals surface area contributed by atoms with Gasteiger partial charge in [-0.25, -0.2) is 13.6 Å². The summed E-state index contributed by atoms with van der Waals surface area (Å²) in [6, 6.07) is 6.01. The van der Waals surface area contributed by atoms with Crippen LogP contribution in [-0.2, 0) is 0 Å². The van der Waals surface area contributed by atoms with Crippen LogP contribution in [-0.4, -0.2) is 18.2 Å². The second kappa shape index (κ2) is 5.97. The number of aromatic carboxylic acids is 1. The van der Waals surface area contributed by atoms with Crippen LogP contribution >= 0.6 is 11.6 Å². The van der Waals surface area contributed by atoms with Crippen molar-refractivity contribution in [2.45, 2.75) is 0 Å². The molecule has 0 unspecified atom stereocenters. The Kier molecular flexibility index (Phi) is 4.28. The topological polar surface area (TPSA) is 58.6 Å². The van der Waals surface area contributed by atoms with Crippen molar-refractivity contribution in [3.8, 4) is 5.75 Å². The van der Waals surface area contributed by atoms with E-state index in [4.69, 9.17) is 21.4 Å². The summed E-state index contributed by atoms with van der Waals surface area (Å²) in [6.45, 7) is 0. The number of hydrogen-bond acceptors (Lipinski definition) is 3. The monoisotopic (exact) mass is 313 g/mol. The summed E-state index contributed by atoms with van der Waals surface area (Å²) < 4.78 is 32.7. The van der Waals surface area contributed by atoms with Crippen LogP contribution in [0, 0.1) is 11.6 Å². The molecular formula is C14H10ClF2NO3. The number of benzene rings is 2. The molecule has 0 spiro atoms. The maximum atomic E-state index is 13.8. The van der Waals surface area contributed by atoms with Crippen molar-refractivity contribution in [1.29, 1.82) is 0 Å². The van der Waals surface area contributed by atoms with Gasteiger partial charge in [-0.15, -0.1) is 0 Å². The Bertz CT molecular complexity index is 684. The van der Waals surface area contributed by atoms with E-state index in [2.05, 4.69) is 5.32 Å². The molecule has 0 atom stereocenters. The maximum Gasteiger partial charge on any atom is 0.335 e. The SMILES string of the molecule is COc1ccc(Cl)c(Nc2c(F)cc(C(=O)O)cc2F)c1. The number of methoxy groups -OCH3 is 1. The van der Waals surface area contributed by atoms with E-state index < -0.39 is 28.9 Å². The summed E-state index contributed by atoms with van der Waals surface area (Å²) in [5.74, 6) is -3.04. The van der Waals surface area contributed by atoms with E-state index in [0.29, 0.717) is 5.75 Å². The number of ether oxygens (including phenoxy) is 1. The van der Waals surface area contributed by atoms with Gasteiger partial charge in [-0.1, -0.05) is 11.6 Å². The van der Waals surface area contributed by atoms with E-state index >= 15 is 0 Å². The normalized spacial score (nSPS) is 10.3. The van der Waals surface area contributed by atoms with Gasteiger partial charge in [0.2, 0.25) is 0 Å². The smallest absolute Gasteiger partial charge is 0.335 e. The van der Waals surface area contributed by atoms with Crippen LogP contribution in [0.15, 0.2) is 30.3 Å². The highest BCUT2D eigenvalue weighted by molar-refractivity contribution is 6.33. The first kappa shape index (κ1) is 15.1. The zero-order chi connectivity index (χ0) is 15.6. The highest BCUT2D eigenvalue weighted by atomic mass is 35.5. The molecule has 110 valence electrons. The van der Waals surface area contributed by atoms with Gasteiger partial charge in [0.1, 0.15) is 11.4 Å². The van der Waals surface area contributed by atoms with Crippen LogP contribution in [0.3, 0.4) is 0 Å². The molecule has 0 aliphatic heterocycles. The van der Waals surface area contributed by atoms with Gasteiger partial charge in [-0.3, -0.25) is 0 Å². The molecule has 2 rings (SSSR count). The molecule has 0 radical (unpaired) electrons. The average molecular weight is 314 g/mol. The number of anilines is 2. The van der Waals surface area contributed by atoms with Crippen molar-refractivity contribution >= 4 is 28.9 Å². The number of carboxylic acids is 1. The van der Waals surface area contributed by atoms with E-state index in [1.54, 1.807) is 6.07 Å². The molecule has 0 amide bonds. The third-order valence-electron chi connectivity index (χ3n) is 2.72. The van der Waals surface area contributed by atoms with E-state index in [1.165, 1.54) is 19.2 Å². The first-order valence-electron chi connectivity index (χ1n) is 5.75. The van der Waals surface area contributed by atoms with Gasteiger partial charge in [-0.2, -0.15) is 0 Å². The second-order valence-corrected chi connectivity index (χ2v) is 4.50. The number of carbonyl (C=O) groups is 1. The lowest BCUT2D eigenvalue weighted by Gasteiger charge is -2.12. The summed E-state index contributed by atoms with van der Waals surface area (Å²) in [5, 5.41) is 11.5. The van der Waals surface area contributed by atoms with Crippen molar-refractivity contribution in [3.63, 3.8) is 0 Å². The second-order valence-electron chi connectivity index (χ2n) is 4.09.